The van der Waals surface area contributed by atoms with Gasteiger partial charge in [0, 0.05) is 23.0 Å². The lowest BCUT2D eigenvalue weighted by Crippen LogP contribution is -2.14. The number of fused-ring (bicyclic) bond motifs is 1. The predicted molar refractivity (Wildman–Crippen MR) is 112 cm³/mol. The number of carbonyl (C=O) groups is 1. The molecule has 0 atom stereocenters. The number of sulfonamides is 1. The Labute approximate surface area is 173 Å². The highest BCUT2D eigenvalue weighted by Crippen LogP contribution is 2.26. The number of pyridine rings is 1. The minimum atomic E-state index is -3.92. The van der Waals surface area contributed by atoms with Crippen LogP contribution in [0.15, 0.2) is 59.6 Å². The molecule has 0 unspecified atom stereocenters. The molecule has 2 aromatic carbocycles. The molecular weight excluding hydrogens is 412 g/mol. The van der Waals surface area contributed by atoms with Gasteiger partial charge in [-0.05, 0) is 30.3 Å². The van der Waals surface area contributed by atoms with E-state index in [4.69, 9.17) is 11.6 Å². The summed E-state index contributed by atoms with van der Waals surface area (Å²) in [5.41, 5.74) is 1.06. The smallest absolute Gasteiger partial charge is 0.306 e. The van der Waals surface area contributed by atoms with Gasteiger partial charge in [0.2, 0.25) is 0 Å². The summed E-state index contributed by atoms with van der Waals surface area (Å²) in [6.45, 7) is 0. The van der Waals surface area contributed by atoms with Gasteiger partial charge in [-0.1, -0.05) is 41.6 Å². The Balaban J connectivity index is 1.93. The fraction of sp³-hybridized carbons (Fsp3) is 0.143. The van der Waals surface area contributed by atoms with Gasteiger partial charge >= 0.3 is 5.97 Å². The zero-order chi connectivity index (χ0) is 20.9. The zero-order valence-corrected chi connectivity index (χ0v) is 17.0. The van der Waals surface area contributed by atoms with Crippen LogP contribution >= 0.6 is 11.6 Å². The van der Waals surface area contributed by atoms with E-state index in [0.717, 1.165) is 0 Å². The summed E-state index contributed by atoms with van der Waals surface area (Å²) >= 11 is 6.04. The summed E-state index contributed by atoms with van der Waals surface area (Å²) in [5, 5.41) is 1.13. The maximum atomic E-state index is 13.0. The molecule has 0 aliphatic heterocycles. The van der Waals surface area contributed by atoms with Crippen LogP contribution in [0.2, 0.25) is 5.02 Å². The first-order valence-electron chi connectivity index (χ1n) is 8.62. The first-order valence-corrected chi connectivity index (χ1v) is 10.5. The molecule has 0 fully saturated rings. The maximum Gasteiger partial charge on any atom is 0.306 e. The lowest BCUT2D eigenvalue weighted by atomic mass is 10.2. The Morgan fingerprint density at radius 3 is 2.79 bits per heavy atom. The average Bonchev–Trinajstić information content (AvgIpc) is 2.72. The minimum Gasteiger partial charge on any atom is -0.469 e. The standard InChI is InChI=1S/C21H17ClN2O4S/c1-28-20(25)10-3-2-6-16-14-17(22)11-12-18(16)24-29(26,27)19-9-4-7-15-8-5-13-23-21(15)19/h4-5,7-9,11-14,24H,3,10H2,1H3. The number of carbonyl (C=O) groups excluding carboxylic acids is 1. The molecule has 1 aromatic heterocycles. The molecule has 1 heterocycles. The van der Waals surface area contributed by atoms with Crippen molar-refractivity contribution in [3.8, 4) is 11.8 Å². The van der Waals surface area contributed by atoms with Crippen LogP contribution in [0.1, 0.15) is 18.4 Å². The number of anilines is 1. The van der Waals surface area contributed by atoms with Gasteiger partial charge in [-0.3, -0.25) is 14.5 Å². The van der Waals surface area contributed by atoms with Crippen LogP contribution in [0.25, 0.3) is 10.9 Å². The molecule has 6 nitrogen and oxygen atoms in total. The number of ether oxygens (including phenoxy) is 1. The molecule has 0 spiro atoms. The van der Waals surface area contributed by atoms with E-state index in [1.807, 2.05) is 0 Å². The molecule has 29 heavy (non-hydrogen) atoms. The summed E-state index contributed by atoms with van der Waals surface area (Å²) < 4.78 is 33.2. The normalized spacial score (nSPS) is 10.8. The van der Waals surface area contributed by atoms with Crippen molar-refractivity contribution in [2.45, 2.75) is 17.7 Å². The van der Waals surface area contributed by atoms with E-state index < -0.39 is 10.0 Å². The first kappa shape index (κ1) is 20.6. The number of aromatic nitrogens is 1. The third kappa shape index (κ3) is 5.05. The number of nitrogens with one attached hydrogen (secondary N) is 1. The summed E-state index contributed by atoms with van der Waals surface area (Å²) in [6, 6.07) is 13.2. The van der Waals surface area contributed by atoms with Crippen molar-refractivity contribution in [1.82, 2.24) is 4.98 Å². The number of hydrogen-bond donors (Lipinski definition) is 1. The molecular formula is C21H17ClN2O4S. The summed E-state index contributed by atoms with van der Waals surface area (Å²) in [4.78, 5) is 15.5. The van der Waals surface area contributed by atoms with Crippen LogP contribution in [0.5, 0.6) is 0 Å². The van der Waals surface area contributed by atoms with Gasteiger partial charge in [-0.2, -0.15) is 0 Å². The molecule has 3 aromatic rings. The largest absolute Gasteiger partial charge is 0.469 e. The lowest BCUT2D eigenvalue weighted by molar-refractivity contribution is -0.140. The third-order valence-corrected chi connectivity index (χ3v) is 5.65. The number of halogens is 1. The second kappa shape index (κ2) is 8.95. The molecule has 0 aliphatic carbocycles. The monoisotopic (exact) mass is 428 g/mol. The van der Waals surface area contributed by atoms with Crippen molar-refractivity contribution in [2.75, 3.05) is 11.8 Å². The first-order chi connectivity index (χ1) is 13.9. The molecule has 0 aliphatic rings. The van der Waals surface area contributed by atoms with Gasteiger partial charge < -0.3 is 4.74 Å². The van der Waals surface area contributed by atoms with Gasteiger partial charge in [0.25, 0.3) is 10.0 Å². The molecule has 0 radical (unpaired) electrons. The van der Waals surface area contributed by atoms with Gasteiger partial charge in [0.05, 0.1) is 30.3 Å². The van der Waals surface area contributed by atoms with Crippen LogP contribution in [-0.2, 0) is 19.6 Å². The van der Waals surface area contributed by atoms with E-state index in [-0.39, 0.29) is 29.4 Å². The van der Waals surface area contributed by atoms with E-state index in [2.05, 4.69) is 26.3 Å². The third-order valence-electron chi connectivity index (χ3n) is 4.02. The molecule has 1 N–H and O–H groups in total. The molecule has 3 rings (SSSR count). The van der Waals surface area contributed by atoms with Crippen molar-refractivity contribution in [2.24, 2.45) is 0 Å². The number of esters is 1. The van der Waals surface area contributed by atoms with Gasteiger partial charge in [0.15, 0.2) is 0 Å². The minimum absolute atomic E-state index is 0.0650. The number of nitrogens with zero attached hydrogens (tertiary/aromatic N) is 1. The van der Waals surface area contributed by atoms with Crippen molar-refractivity contribution < 1.29 is 17.9 Å². The van der Waals surface area contributed by atoms with Crippen molar-refractivity contribution in [3.63, 3.8) is 0 Å². The number of rotatable bonds is 5. The number of benzene rings is 2. The van der Waals surface area contributed by atoms with E-state index in [1.54, 1.807) is 48.7 Å². The molecule has 0 saturated carbocycles. The van der Waals surface area contributed by atoms with E-state index in [0.29, 0.717) is 21.5 Å². The molecule has 0 bridgehead atoms. The van der Waals surface area contributed by atoms with Crippen molar-refractivity contribution in [1.29, 1.82) is 0 Å². The number of hydrogen-bond acceptors (Lipinski definition) is 5. The van der Waals surface area contributed by atoms with Gasteiger partial charge in [-0.15, -0.1) is 0 Å². The number of para-hydroxylation sites is 1. The fourth-order valence-corrected chi connectivity index (χ4v) is 4.06. The quantitative estimate of drug-likeness (QED) is 0.490. The second-order valence-corrected chi connectivity index (χ2v) is 8.09. The van der Waals surface area contributed by atoms with Crippen LogP contribution in [-0.4, -0.2) is 26.5 Å². The Morgan fingerprint density at radius 2 is 2.00 bits per heavy atom. The summed E-state index contributed by atoms with van der Waals surface area (Å²) in [6.07, 6.45) is 1.97. The Hall–Kier alpha value is -3.08. The SMILES string of the molecule is COC(=O)CCC#Cc1cc(Cl)ccc1NS(=O)(=O)c1cccc2cccnc12. The second-order valence-electron chi connectivity index (χ2n) is 6.00. The highest BCUT2D eigenvalue weighted by Gasteiger charge is 2.19. The van der Waals surface area contributed by atoms with Gasteiger partial charge in [0.1, 0.15) is 4.90 Å². The van der Waals surface area contributed by atoms with E-state index >= 15 is 0 Å². The van der Waals surface area contributed by atoms with Crippen LogP contribution in [0.3, 0.4) is 0 Å². The van der Waals surface area contributed by atoms with E-state index in [1.165, 1.54) is 13.2 Å². The van der Waals surface area contributed by atoms with Crippen LogP contribution < -0.4 is 4.72 Å². The highest BCUT2D eigenvalue weighted by atomic mass is 35.5. The van der Waals surface area contributed by atoms with Crippen molar-refractivity contribution in [3.05, 3.63) is 65.3 Å². The Kier molecular flexibility index (Phi) is 6.37. The van der Waals surface area contributed by atoms with Crippen LogP contribution in [0, 0.1) is 11.8 Å². The average molecular weight is 429 g/mol. The summed E-state index contributed by atoms with van der Waals surface area (Å²) in [5.74, 6) is 5.33. The molecule has 148 valence electrons. The highest BCUT2D eigenvalue weighted by molar-refractivity contribution is 7.93. The Morgan fingerprint density at radius 1 is 1.21 bits per heavy atom. The van der Waals surface area contributed by atoms with Crippen LogP contribution in [0.4, 0.5) is 5.69 Å². The van der Waals surface area contributed by atoms with Crippen molar-refractivity contribution >= 4 is 44.2 Å². The summed E-state index contributed by atoms with van der Waals surface area (Å²) in [7, 11) is -2.61. The molecule has 0 saturated heterocycles. The van der Waals surface area contributed by atoms with Gasteiger partial charge in [-0.25, -0.2) is 8.42 Å². The molecule has 0 amide bonds. The molecule has 8 heteroatoms. The van der Waals surface area contributed by atoms with E-state index in [9.17, 15) is 13.2 Å². The topological polar surface area (TPSA) is 85.4 Å². The lowest BCUT2D eigenvalue weighted by Gasteiger charge is -2.12. The zero-order valence-electron chi connectivity index (χ0n) is 15.5. The number of methoxy groups -OCH3 is 1. The fourth-order valence-electron chi connectivity index (χ4n) is 2.63. The Bertz CT molecular complexity index is 1220. The maximum absolute atomic E-state index is 13.0. The predicted octanol–water partition coefficient (Wildman–Crippen LogP) is 3.99.